The molecule has 6 heteroatoms. The number of esters is 1. The molecule has 2 N–H and O–H groups in total. The van der Waals surface area contributed by atoms with Crippen molar-refractivity contribution in [3.63, 3.8) is 0 Å². The number of ether oxygens (including phenoxy) is 1. The maximum Gasteiger partial charge on any atom is 0.331 e. The average molecular weight is 319 g/mol. The highest BCUT2D eigenvalue weighted by Crippen LogP contribution is 2.58. The molecule has 0 bridgehead atoms. The number of nitrogens with one attached hydrogen (secondary N) is 2. The van der Waals surface area contributed by atoms with Crippen molar-refractivity contribution < 1.29 is 14.3 Å². The topological polar surface area (TPSA) is 67.4 Å². The molecule has 1 heterocycles. The molecule has 1 amide bonds. The van der Waals surface area contributed by atoms with Gasteiger partial charge < -0.3 is 15.4 Å². The maximum absolute atomic E-state index is 12.5. The summed E-state index contributed by atoms with van der Waals surface area (Å²) in [6.45, 7) is 5.75. The molecule has 1 saturated heterocycles. The third-order valence-electron chi connectivity index (χ3n) is 4.89. The summed E-state index contributed by atoms with van der Waals surface area (Å²) in [7, 11) is 1.37. The highest BCUT2D eigenvalue weighted by atomic mass is 35.5. The second kappa shape index (κ2) is 6.97. The number of hydrogen-bond acceptors (Lipinski definition) is 4. The van der Waals surface area contributed by atoms with Gasteiger partial charge in [0.2, 0.25) is 5.91 Å². The molecule has 122 valence electrons. The largest absolute Gasteiger partial charge is 0.467 e. The summed E-state index contributed by atoms with van der Waals surface area (Å²) in [5.41, 5.74) is -0.699. The molecule has 5 nitrogen and oxygen atoms in total. The molecular formula is C15H27ClN2O3. The van der Waals surface area contributed by atoms with Crippen molar-refractivity contribution in [3.8, 4) is 0 Å². The summed E-state index contributed by atoms with van der Waals surface area (Å²) < 4.78 is 4.84. The molecule has 21 heavy (non-hydrogen) atoms. The van der Waals surface area contributed by atoms with Gasteiger partial charge in [0.1, 0.15) is 5.54 Å². The Labute approximate surface area is 133 Å². The second-order valence-corrected chi connectivity index (χ2v) is 6.43. The highest BCUT2D eigenvalue weighted by molar-refractivity contribution is 5.90. The number of piperidine rings is 1. The molecule has 0 aromatic heterocycles. The first-order chi connectivity index (χ1) is 9.47. The second-order valence-electron chi connectivity index (χ2n) is 6.43. The molecule has 2 fully saturated rings. The van der Waals surface area contributed by atoms with Crippen molar-refractivity contribution in [2.75, 3.05) is 20.2 Å². The molecule has 0 radical (unpaired) electrons. The summed E-state index contributed by atoms with van der Waals surface area (Å²) in [5.74, 6) is -0.258. The maximum atomic E-state index is 12.5. The SMILES string of the molecule is CCCC(C)(NC(=O)C1CC12CCNCC2)C(=O)OC.Cl. The van der Waals surface area contributed by atoms with Gasteiger partial charge in [-0.15, -0.1) is 12.4 Å². The molecule has 0 aromatic carbocycles. The predicted octanol–water partition coefficient (Wildman–Crippen LogP) is 1.65. The number of methoxy groups -OCH3 is 1. The van der Waals surface area contributed by atoms with E-state index in [0.29, 0.717) is 6.42 Å². The first kappa shape index (κ1) is 18.2. The van der Waals surface area contributed by atoms with Gasteiger partial charge in [0.05, 0.1) is 7.11 Å². The van der Waals surface area contributed by atoms with Gasteiger partial charge in [0.25, 0.3) is 0 Å². The van der Waals surface area contributed by atoms with Crippen molar-refractivity contribution in [3.05, 3.63) is 0 Å². The number of carbonyl (C=O) groups excluding carboxylic acids is 2. The summed E-state index contributed by atoms with van der Waals surface area (Å²) >= 11 is 0. The average Bonchev–Trinajstić information content (AvgIpc) is 3.12. The fourth-order valence-corrected chi connectivity index (χ4v) is 3.50. The molecule has 1 aliphatic carbocycles. The van der Waals surface area contributed by atoms with Crippen LogP contribution in [0.2, 0.25) is 0 Å². The smallest absolute Gasteiger partial charge is 0.331 e. The monoisotopic (exact) mass is 318 g/mol. The van der Waals surface area contributed by atoms with Gasteiger partial charge in [0.15, 0.2) is 0 Å². The van der Waals surface area contributed by atoms with Crippen LogP contribution in [0.5, 0.6) is 0 Å². The van der Waals surface area contributed by atoms with Crippen LogP contribution in [0.1, 0.15) is 46.0 Å². The predicted molar refractivity (Wildman–Crippen MR) is 83.4 cm³/mol. The fraction of sp³-hybridized carbons (Fsp3) is 0.867. The zero-order valence-corrected chi connectivity index (χ0v) is 14.0. The normalized spacial score (nSPS) is 25.4. The van der Waals surface area contributed by atoms with Crippen LogP contribution in [0.4, 0.5) is 0 Å². The van der Waals surface area contributed by atoms with Gasteiger partial charge >= 0.3 is 5.97 Å². The Morgan fingerprint density at radius 1 is 1.38 bits per heavy atom. The minimum atomic E-state index is -0.892. The lowest BCUT2D eigenvalue weighted by atomic mass is 9.90. The summed E-state index contributed by atoms with van der Waals surface area (Å²) in [6.07, 6.45) is 4.52. The van der Waals surface area contributed by atoms with Crippen molar-refractivity contribution in [2.45, 2.75) is 51.5 Å². The molecule has 2 atom stereocenters. The first-order valence-corrected chi connectivity index (χ1v) is 7.58. The summed E-state index contributed by atoms with van der Waals surface area (Å²) in [6, 6.07) is 0. The zero-order valence-electron chi connectivity index (χ0n) is 13.2. The third-order valence-corrected chi connectivity index (χ3v) is 4.89. The Balaban J connectivity index is 0.00000220. The van der Waals surface area contributed by atoms with Crippen LogP contribution in [-0.2, 0) is 14.3 Å². The van der Waals surface area contributed by atoms with E-state index in [-0.39, 0.29) is 35.6 Å². The van der Waals surface area contributed by atoms with E-state index in [1.807, 2.05) is 6.92 Å². The van der Waals surface area contributed by atoms with Gasteiger partial charge in [-0.1, -0.05) is 13.3 Å². The Morgan fingerprint density at radius 3 is 2.52 bits per heavy atom. The Bertz CT molecular complexity index is 396. The van der Waals surface area contributed by atoms with Crippen molar-refractivity contribution in [1.82, 2.24) is 10.6 Å². The van der Waals surface area contributed by atoms with E-state index < -0.39 is 5.54 Å². The number of carbonyl (C=O) groups is 2. The van der Waals surface area contributed by atoms with Gasteiger partial charge in [-0.2, -0.15) is 0 Å². The van der Waals surface area contributed by atoms with Crippen LogP contribution >= 0.6 is 12.4 Å². The molecule has 1 spiro atoms. The quantitative estimate of drug-likeness (QED) is 0.756. The lowest BCUT2D eigenvalue weighted by Gasteiger charge is -2.29. The van der Waals surface area contributed by atoms with Gasteiger partial charge in [-0.05, 0) is 51.1 Å². The number of amides is 1. The van der Waals surface area contributed by atoms with E-state index in [4.69, 9.17) is 4.74 Å². The standard InChI is InChI=1S/C15H26N2O3.ClH/c1-4-5-14(2,13(19)20-3)17-12(18)11-10-15(11)6-8-16-9-7-15;/h11,16H,4-10H2,1-3H3,(H,17,18);1H. The number of hydrogen-bond donors (Lipinski definition) is 2. The molecule has 2 rings (SSSR count). The Morgan fingerprint density at radius 2 is 2.00 bits per heavy atom. The minimum absolute atomic E-state index is 0. The van der Waals surface area contributed by atoms with E-state index in [9.17, 15) is 9.59 Å². The minimum Gasteiger partial charge on any atom is -0.467 e. The van der Waals surface area contributed by atoms with Crippen LogP contribution in [0.15, 0.2) is 0 Å². The molecule has 1 aliphatic heterocycles. The van der Waals surface area contributed by atoms with E-state index in [1.54, 1.807) is 6.92 Å². The third kappa shape index (κ3) is 3.69. The van der Waals surface area contributed by atoms with Gasteiger partial charge in [-0.3, -0.25) is 4.79 Å². The van der Waals surface area contributed by atoms with Crippen LogP contribution in [0, 0.1) is 11.3 Å². The van der Waals surface area contributed by atoms with E-state index >= 15 is 0 Å². The first-order valence-electron chi connectivity index (χ1n) is 7.58. The highest BCUT2D eigenvalue weighted by Gasteiger charge is 2.58. The fourth-order valence-electron chi connectivity index (χ4n) is 3.50. The van der Waals surface area contributed by atoms with Crippen molar-refractivity contribution in [1.29, 1.82) is 0 Å². The van der Waals surface area contributed by atoms with E-state index in [2.05, 4.69) is 10.6 Å². The van der Waals surface area contributed by atoms with Gasteiger partial charge in [0, 0.05) is 5.92 Å². The molecule has 0 aromatic rings. The molecular weight excluding hydrogens is 292 g/mol. The van der Waals surface area contributed by atoms with E-state index in [0.717, 1.165) is 38.8 Å². The molecule has 1 saturated carbocycles. The van der Waals surface area contributed by atoms with Crippen molar-refractivity contribution in [2.24, 2.45) is 11.3 Å². The van der Waals surface area contributed by atoms with Crippen LogP contribution in [-0.4, -0.2) is 37.6 Å². The van der Waals surface area contributed by atoms with Gasteiger partial charge in [-0.25, -0.2) is 4.79 Å². The number of halogens is 1. The van der Waals surface area contributed by atoms with E-state index in [1.165, 1.54) is 7.11 Å². The van der Waals surface area contributed by atoms with Crippen molar-refractivity contribution >= 4 is 24.3 Å². The Kier molecular flexibility index (Phi) is 6.05. The summed E-state index contributed by atoms with van der Waals surface area (Å²) in [5, 5.41) is 6.27. The van der Waals surface area contributed by atoms with Crippen LogP contribution in [0.25, 0.3) is 0 Å². The zero-order chi connectivity index (χ0) is 14.8. The van der Waals surface area contributed by atoms with Crippen LogP contribution in [0.3, 0.4) is 0 Å². The molecule has 2 aliphatic rings. The van der Waals surface area contributed by atoms with Crippen LogP contribution < -0.4 is 10.6 Å². The Hall–Kier alpha value is -0.810. The molecule has 2 unspecified atom stereocenters. The summed E-state index contributed by atoms with van der Waals surface area (Å²) in [4.78, 5) is 24.4. The lowest BCUT2D eigenvalue weighted by molar-refractivity contribution is -0.150. The number of rotatable bonds is 5. The lowest BCUT2D eigenvalue weighted by Crippen LogP contribution is -2.53.